The van der Waals surface area contributed by atoms with Crippen molar-refractivity contribution in [2.24, 2.45) is 0 Å². The molecule has 0 N–H and O–H groups in total. The van der Waals surface area contributed by atoms with Crippen molar-refractivity contribution in [1.29, 1.82) is 5.26 Å². The molecule has 0 unspecified atom stereocenters. The summed E-state index contributed by atoms with van der Waals surface area (Å²) in [6.45, 7) is 6.40. The maximum Gasteiger partial charge on any atom is 0.102 e. The summed E-state index contributed by atoms with van der Waals surface area (Å²) in [5.41, 5.74) is 3.98. The van der Waals surface area contributed by atoms with Crippen LogP contribution in [-0.2, 0) is 25.5 Å². The van der Waals surface area contributed by atoms with E-state index in [9.17, 15) is 0 Å². The second kappa shape index (κ2) is 5.66. The third kappa shape index (κ3) is 2.39. The van der Waals surface area contributed by atoms with E-state index in [2.05, 4.69) is 43.4 Å². The molecule has 2 heterocycles. The molecule has 0 aliphatic carbocycles. The molecule has 1 radical (unpaired) electrons. The van der Waals surface area contributed by atoms with Crippen molar-refractivity contribution in [3.63, 3.8) is 0 Å². The number of nitrogens with zero attached hydrogens (tertiary/aromatic N) is 4. The predicted octanol–water partition coefficient (Wildman–Crippen LogP) is 4.00. The van der Waals surface area contributed by atoms with Gasteiger partial charge in [0.25, 0.3) is 0 Å². The van der Waals surface area contributed by atoms with Crippen LogP contribution < -0.4 is 0 Å². The molecule has 5 heteroatoms. The third-order valence-electron chi connectivity index (χ3n) is 3.94. The first-order valence-corrected chi connectivity index (χ1v) is 7.52. The number of nitriles is 1. The average molecular weight is 492 g/mol. The number of fused-ring (bicyclic) bond motifs is 5. The minimum Gasteiger partial charge on any atom is -0.321 e. The Bertz CT molecular complexity index is 1110. The minimum absolute atomic E-state index is 0. The van der Waals surface area contributed by atoms with E-state index in [0.29, 0.717) is 5.56 Å². The zero-order valence-electron chi connectivity index (χ0n) is 13.6. The molecule has 24 heavy (non-hydrogen) atoms. The van der Waals surface area contributed by atoms with Gasteiger partial charge in [0.05, 0.1) is 16.7 Å². The van der Waals surface area contributed by atoms with Gasteiger partial charge in [0.2, 0.25) is 0 Å². The Labute approximate surface area is 153 Å². The molecular weight excluding hydrogens is 476 g/mol. The van der Waals surface area contributed by atoms with Crippen molar-refractivity contribution < 1.29 is 20.1 Å². The Hall–Kier alpha value is -2.28. The zero-order chi connectivity index (χ0) is 16.2. The second-order valence-electron chi connectivity index (χ2n) is 6.71. The maximum atomic E-state index is 9.14. The summed E-state index contributed by atoms with van der Waals surface area (Å²) >= 11 is 0. The van der Waals surface area contributed by atoms with Gasteiger partial charge in [0, 0.05) is 31.6 Å². The fourth-order valence-corrected chi connectivity index (χ4v) is 2.89. The van der Waals surface area contributed by atoms with Crippen LogP contribution in [0.3, 0.4) is 0 Å². The van der Waals surface area contributed by atoms with Crippen molar-refractivity contribution in [3.05, 3.63) is 53.9 Å². The number of aromatic nitrogens is 3. The van der Waals surface area contributed by atoms with E-state index in [1.54, 1.807) is 12.1 Å². The number of imidazole rings is 1. The molecule has 0 saturated carbocycles. The molecule has 0 aliphatic heterocycles. The zero-order valence-corrected chi connectivity index (χ0v) is 16.0. The Morgan fingerprint density at radius 2 is 1.88 bits per heavy atom. The van der Waals surface area contributed by atoms with E-state index in [1.165, 1.54) is 0 Å². The first-order chi connectivity index (χ1) is 11.0. The van der Waals surface area contributed by atoms with Crippen molar-refractivity contribution in [2.75, 3.05) is 0 Å². The predicted molar refractivity (Wildman–Crippen MR) is 90.3 cm³/mol. The van der Waals surface area contributed by atoms with Crippen LogP contribution in [0.1, 0.15) is 32.2 Å². The summed E-state index contributed by atoms with van der Waals surface area (Å²) in [5, 5.41) is 9.98. The van der Waals surface area contributed by atoms with Crippen LogP contribution in [0.4, 0.5) is 0 Å². The van der Waals surface area contributed by atoms with Gasteiger partial charge in [-0.25, -0.2) is 5.26 Å². The largest absolute Gasteiger partial charge is 0.321 e. The average Bonchev–Trinajstić information content (AvgIpc) is 2.92. The van der Waals surface area contributed by atoms with Crippen LogP contribution in [0.5, 0.6) is 0 Å². The Balaban J connectivity index is 0.00000169. The van der Waals surface area contributed by atoms with Crippen LogP contribution in [0.2, 0.25) is 0 Å². The number of rotatable bonds is 0. The van der Waals surface area contributed by atoms with Crippen LogP contribution in [-0.4, -0.2) is 14.4 Å². The van der Waals surface area contributed by atoms with E-state index in [4.69, 9.17) is 15.2 Å². The first kappa shape index (κ1) is 16.6. The second-order valence-corrected chi connectivity index (χ2v) is 6.71. The Kier molecular flexibility index (Phi) is 3.91. The topological polar surface area (TPSA) is 54.0 Å². The van der Waals surface area contributed by atoms with Gasteiger partial charge in [-0.2, -0.15) is 0 Å². The molecule has 2 aromatic heterocycles. The number of hydrogen-bond donors (Lipinski definition) is 0. The van der Waals surface area contributed by atoms with Gasteiger partial charge in [-0.15, -0.1) is 18.2 Å². The van der Waals surface area contributed by atoms with Gasteiger partial charge in [0.1, 0.15) is 5.82 Å². The molecule has 0 amide bonds. The molecule has 0 spiro atoms. The molecule has 0 fully saturated rings. The molecule has 0 atom stereocenters. The van der Waals surface area contributed by atoms with E-state index in [0.717, 1.165) is 33.4 Å². The Morgan fingerprint density at radius 1 is 1.12 bits per heavy atom. The maximum absolute atomic E-state index is 9.14. The van der Waals surface area contributed by atoms with Crippen LogP contribution in [0.25, 0.3) is 27.6 Å². The molecule has 0 saturated heterocycles. The number of para-hydroxylation sites is 2. The van der Waals surface area contributed by atoms with Gasteiger partial charge in [-0.1, -0.05) is 38.3 Å². The van der Waals surface area contributed by atoms with Crippen molar-refractivity contribution in [3.8, 4) is 6.07 Å². The number of hydrogen-bond acceptors (Lipinski definition) is 3. The van der Waals surface area contributed by atoms with Gasteiger partial charge in [0.15, 0.2) is 0 Å². The van der Waals surface area contributed by atoms with E-state index in [1.807, 2.05) is 18.2 Å². The molecule has 121 valence electrons. The van der Waals surface area contributed by atoms with Gasteiger partial charge >= 0.3 is 0 Å². The monoisotopic (exact) mass is 492 g/mol. The fourth-order valence-electron chi connectivity index (χ4n) is 2.89. The molecule has 4 aromatic rings. The summed E-state index contributed by atoms with van der Waals surface area (Å²) in [7, 11) is 0. The van der Waals surface area contributed by atoms with Gasteiger partial charge in [-0.05, 0) is 23.2 Å². The van der Waals surface area contributed by atoms with E-state index in [-0.39, 0.29) is 25.5 Å². The van der Waals surface area contributed by atoms with Crippen LogP contribution in [0.15, 0.2) is 36.4 Å². The molecule has 4 rings (SSSR count). The molecule has 4 nitrogen and oxygen atoms in total. The molecule has 2 aromatic carbocycles. The minimum atomic E-state index is -0.154. The van der Waals surface area contributed by atoms with Crippen molar-refractivity contribution >= 4 is 27.6 Å². The third-order valence-corrected chi connectivity index (χ3v) is 3.94. The fraction of sp³-hybridized carbons (Fsp3) is 0.211. The number of benzene rings is 2. The molecule has 0 bridgehead atoms. The quantitative estimate of drug-likeness (QED) is 0.350. The van der Waals surface area contributed by atoms with E-state index >= 15 is 0 Å². The van der Waals surface area contributed by atoms with Gasteiger partial charge < -0.3 is 4.40 Å². The van der Waals surface area contributed by atoms with E-state index < -0.39 is 0 Å². The summed E-state index contributed by atoms with van der Waals surface area (Å²) < 4.78 is 2.11. The standard InChI is InChI=1S/C19H15N4.Ir/c1-19(2,3)18-22-15-10-12(11-20)8-9-13(15)17-21-14-6-4-5-7-16(14)23(17)18;/h4-8,10H,1-3H3;/q-1;. The first-order valence-electron chi connectivity index (χ1n) is 7.52. The van der Waals surface area contributed by atoms with Gasteiger partial charge in [-0.3, -0.25) is 9.97 Å². The molecule has 0 aliphatic rings. The SMILES string of the molecule is CC(C)(C)c1nc2cc(C#N)c[c-]c2c2nc3ccccc3n12.[Ir]. The summed E-state index contributed by atoms with van der Waals surface area (Å²) in [6.07, 6.45) is 0. The smallest absolute Gasteiger partial charge is 0.102 e. The molecular formula is C19H15IrN4-. The van der Waals surface area contributed by atoms with Crippen LogP contribution >= 0.6 is 0 Å². The summed E-state index contributed by atoms with van der Waals surface area (Å²) in [5.74, 6) is 0.928. The van der Waals surface area contributed by atoms with Crippen molar-refractivity contribution in [1.82, 2.24) is 14.4 Å². The summed E-state index contributed by atoms with van der Waals surface area (Å²) in [4.78, 5) is 9.63. The Morgan fingerprint density at radius 3 is 2.58 bits per heavy atom. The van der Waals surface area contributed by atoms with Crippen molar-refractivity contribution in [2.45, 2.75) is 26.2 Å². The summed E-state index contributed by atoms with van der Waals surface area (Å²) in [6, 6.07) is 16.9. The van der Waals surface area contributed by atoms with Crippen LogP contribution in [0, 0.1) is 17.4 Å². The normalized spacial score (nSPS) is 11.6.